The molecule has 0 bridgehead atoms. The van der Waals surface area contributed by atoms with Crippen LogP contribution in [0.25, 0.3) is 0 Å². The molecular weight excluding hydrogens is 440 g/mol. The Kier molecular flexibility index (Phi) is 8.77. The van der Waals surface area contributed by atoms with Crippen molar-refractivity contribution < 1.29 is 22.7 Å². The van der Waals surface area contributed by atoms with Crippen molar-refractivity contribution in [1.29, 1.82) is 0 Å². The van der Waals surface area contributed by atoms with E-state index in [4.69, 9.17) is 9.47 Å². The summed E-state index contributed by atoms with van der Waals surface area (Å²) in [4.78, 5) is 13.3. The van der Waals surface area contributed by atoms with E-state index < -0.39 is 16.1 Å². The molecule has 33 heavy (non-hydrogen) atoms. The predicted molar refractivity (Wildman–Crippen MR) is 133 cm³/mol. The van der Waals surface area contributed by atoms with Gasteiger partial charge >= 0.3 is 0 Å². The van der Waals surface area contributed by atoms with E-state index >= 15 is 0 Å². The summed E-state index contributed by atoms with van der Waals surface area (Å²) in [5, 5.41) is 3.03. The number of hydrogen-bond donors (Lipinski definition) is 1. The lowest BCUT2D eigenvalue weighted by atomic mass is 9.93. The predicted octanol–water partition coefficient (Wildman–Crippen LogP) is 4.56. The molecule has 0 aromatic heterocycles. The molecule has 0 fully saturated rings. The Morgan fingerprint density at radius 1 is 1.03 bits per heavy atom. The molecule has 0 aliphatic heterocycles. The zero-order valence-corrected chi connectivity index (χ0v) is 21.6. The first kappa shape index (κ1) is 26.5. The van der Waals surface area contributed by atoms with Gasteiger partial charge in [0.2, 0.25) is 15.9 Å². The van der Waals surface area contributed by atoms with Gasteiger partial charge in [-0.15, -0.1) is 0 Å². The Morgan fingerprint density at radius 2 is 1.64 bits per heavy atom. The quantitative estimate of drug-likeness (QED) is 0.543. The highest BCUT2D eigenvalue weighted by atomic mass is 32.2. The Bertz CT molecular complexity index is 1060. The van der Waals surface area contributed by atoms with Crippen molar-refractivity contribution >= 4 is 21.6 Å². The lowest BCUT2D eigenvalue weighted by molar-refractivity contribution is -0.122. The van der Waals surface area contributed by atoms with Gasteiger partial charge in [-0.05, 0) is 79.3 Å². The van der Waals surface area contributed by atoms with Crippen LogP contribution in [0.4, 0.5) is 5.69 Å². The molecule has 0 radical (unpaired) electrons. The Balaban J connectivity index is 2.38. The molecule has 0 saturated heterocycles. The summed E-state index contributed by atoms with van der Waals surface area (Å²) >= 11 is 0. The van der Waals surface area contributed by atoms with E-state index in [1.807, 2.05) is 19.9 Å². The molecule has 8 heteroatoms. The van der Waals surface area contributed by atoms with Crippen LogP contribution in [-0.2, 0) is 14.8 Å². The summed E-state index contributed by atoms with van der Waals surface area (Å²) in [6, 6.07) is 9.46. The minimum Gasteiger partial charge on any atom is -0.497 e. The van der Waals surface area contributed by atoms with Crippen molar-refractivity contribution in [1.82, 2.24) is 5.32 Å². The SMILES string of the molecule is CCC(C(=O)NC(C)c1cc(C(C)C)c(OC)cc1C)N(c1ccc(OC)cc1)S(C)(=O)=O. The molecular formula is C25H36N2O5S. The van der Waals surface area contributed by atoms with E-state index in [0.717, 1.165) is 28.7 Å². The summed E-state index contributed by atoms with van der Waals surface area (Å²) < 4.78 is 37.3. The third-order valence-corrected chi connectivity index (χ3v) is 6.90. The van der Waals surface area contributed by atoms with E-state index in [-0.39, 0.29) is 17.9 Å². The van der Waals surface area contributed by atoms with Gasteiger partial charge in [0.05, 0.1) is 32.2 Å². The molecule has 0 aliphatic carbocycles. The number of anilines is 1. The second-order valence-electron chi connectivity index (χ2n) is 8.52. The van der Waals surface area contributed by atoms with Crippen LogP contribution in [0.1, 0.15) is 62.8 Å². The van der Waals surface area contributed by atoms with Gasteiger partial charge in [0, 0.05) is 0 Å². The maximum Gasteiger partial charge on any atom is 0.244 e. The number of rotatable bonds is 10. The zero-order valence-electron chi connectivity index (χ0n) is 20.8. The minimum absolute atomic E-state index is 0.251. The number of carbonyl (C=O) groups is 1. The van der Waals surface area contributed by atoms with Crippen molar-refractivity contribution in [3.05, 3.63) is 53.1 Å². The smallest absolute Gasteiger partial charge is 0.244 e. The highest BCUT2D eigenvalue weighted by Crippen LogP contribution is 2.32. The maximum absolute atomic E-state index is 13.3. The molecule has 0 spiro atoms. The topological polar surface area (TPSA) is 84.9 Å². The van der Waals surface area contributed by atoms with E-state index in [2.05, 4.69) is 25.2 Å². The third kappa shape index (κ3) is 6.19. The van der Waals surface area contributed by atoms with Crippen molar-refractivity contribution in [2.24, 2.45) is 0 Å². The average Bonchev–Trinajstić information content (AvgIpc) is 2.75. The van der Waals surface area contributed by atoms with E-state index in [9.17, 15) is 13.2 Å². The highest BCUT2D eigenvalue weighted by Gasteiger charge is 2.32. The number of carbonyl (C=O) groups excluding carboxylic acids is 1. The van der Waals surface area contributed by atoms with E-state index in [1.54, 1.807) is 45.4 Å². The Hall–Kier alpha value is -2.74. The number of aryl methyl sites for hydroxylation is 1. The van der Waals surface area contributed by atoms with Gasteiger partial charge in [0.1, 0.15) is 17.5 Å². The van der Waals surface area contributed by atoms with Crippen molar-refractivity contribution in [2.75, 3.05) is 24.8 Å². The summed E-state index contributed by atoms with van der Waals surface area (Å²) in [7, 11) is -0.525. The van der Waals surface area contributed by atoms with Gasteiger partial charge in [-0.1, -0.05) is 20.8 Å². The van der Waals surface area contributed by atoms with Crippen LogP contribution in [0.15, 0.2) is 36.4 Å². The molecule has 2 unspecified atom stereocenters. The molecule has 1 amide bonds. The first-order valence-corrected chi connectivity index (χ1v) is 12.9. The first-order chi connectivity index (χ1) is 15.4. The molecule has 0 saturated carbocycles. The number of sulfonamides is 1. The molecule has 2 aromatic rings. The second kappa shape index (κ2) is 10.9. The number of benzene rings is 2. The van der Waals surface area contributed by atoms with Crippen molar-refractivity contribution in [2.45, 2.75) is 59.0 Å². The fourth-order valence-corrected chi connectivity index (χ4v) is 5.20. The second-order valence-corrected chi connectivity index (χ2v) is 10.4. The van der Waals surface area contributed by atoms with E-state index in [0.29, 0.717) is 17.9 Å². The van der Waals surface area contributed by atoms with Crippen LogP contribution >= 0.6 is 0 Å². The highest BCUT2D eigenvalue weighted by molar-refractivity contribution is 7.92. The third-order valence-electron chi connectivity index (χ3n) is 5.72. The number of methoxy groups -OCH3 is 2. The minimum atomic E-state index is -3.71. The lowest BCUT2D eigenvalue weighted by Crippen LogP contribution is -2.49. The fourth-order valence-electron chi connectivity index (χ4n) is 3.99. The van der Waals surface area contributed by atoms with Gasteiger partial charge in [-0.2, -0.15) is 0 Å². The normalized spacial score (nSPS) is 13.4. The monoisotopic (exact) mass is 476 g/mol. The average molecular weight is 477 g/mol. The number of hydrogen-bond acceptors (Lipinski definition) is 5. The number of ether oxygens (including phenoxy) is 2. The van der Waals surface area contributed by atoms with Crippen molar-refractivity contribution in [3.8, 4) is 11.5 Å². The van der Waals surface area contributed by atoms with Gasteiger partial charge in [-0.3, -0.25) is 9.10 Å². The maximum atomic E-state index is 13.3. The number of nitrogens with one attached hydrogen (secondary N) is 1. The Morgan fingerprint density at radius 3 is 2.09 bits per heavy atom. The number of nitrogens with zero attached hydrogens (tertiary/aromatic N) is 1. The first-order valence-electron chi connectivity index (χ1n) is 11.1. The van der Waals surface area contributed by atoms with Crippen molar-refractivity contribution in [3.63, 3.8) is 0 Å². The standard InChI is InChI=1S/C25H36N2O5S/c1-9-23(27(33(8,29)30)19-10-12-20(31-6)13-11-19)25(28)26-18(5)22-15-21(16(2)3)24(32-7)14-17(22)4/h10-16,18,23H,9H2,1-8H3,(H,26,28). The van der Waals surface area contributed by atoms with Gasteiger partial charge in [0.25, 0.3) is 0 Å². The molecule has 182 valence electrons. The molecule has 1 N–H and O–H groups in total. The summed E-state index contributed by atoms with van der Waals surface area (Å²) in [6.07, 6.45) is 1.43. The number of amides is 1. The molecule has 0 heterocycles. The van der Waals surface area contributed by atoms with Crippen LogP contribution in [0.3, 0.4) is 0 Å². The molecule has 7 nitrogen and oxygen atoms in total. The molecule has 0 aliphatic rings. The summed E-state index contributed by atoms with van der Waals surface area (Å²) in [5.41, 5.74) is 3.43. The lowest BCUT2D eigenvalue weighted by Gasteiger charge is -2.31. The molecule has 2 rings (SSSR count). The van der Waals surface area contributed by atoms with E-state index in [1.165, 1.54) is 4.31 Å². The fraction of sp³-hybridized carbons (Fsp3) is 0.480. The molecule has 2 aromatic carbocycles. The largest absolute Gasteiger partial charge is 0.497 e. The van der Waals surface area contributed by atoms with Gasteiger partial charge < -0.3 is 14.8 Å². The zero-order chi connectivity index (χ0) is 24.9. The summed E-state index contributed by atoms with van der Waals surface area (Å²) in [6.45, 7) is 9.86. The Labute approximate surface area is 198 Å². The van der Waals surface area contributed by atoms with Crippen LogP contribution in [0.5, 0.6) is 11.5 Å². The van der Waals surface area contributed by atoms with Gasteiger partial charge in [0.15, 0.2) is 0 Å². The van der Waals surface area contributed by atoms with Crippen LogP contribution < -0.4 is 19.1 Å². The summed E-state index contributed by atoms with van der Waals surface area (Å²) in [5.74, 6) is 1.32. The molecule has 2 atom stereocenters. The van der Waals surface area contributed by atoms with Crippen LogP contribution in [0, 0.1) is 6.92 Å². The van der Waals surface area contributed by atoms with Crippen LogP contribution in [-0.4, -0.2) is 40.8 Å². The van der Waals surface area contributed by atoms with Crippen LogP contribution in [0.2, 0.25) is 0 Å². The van der Waals surface area contributed by atoms with Gasteiger partial charge in [-0.25, -0.2) is 8.42 Å².